The Labute approximate surface area is 129 Å². The van der Waals surface area contributed by atoms with Gasteiger partial charge in [-0.15, -0.1) is 6.07 Å². The number of amides is 1. The Kier molecular flexibility index (Phi) is 5.33. The first-order chi connectivity index (χ1) is 7.59. The number of hydrogen-bond donors (Lipinski definition) is 0. The first-order valence-corrected chi connectivity index (χ1v) is 5.89. The van der Waals surface area contributed by atoms with E-state index in [4.69, 9.17) is 0 Å². The van der Waals surface area contributed by atoms with Gasteiger partial charge in [-0.1, -0.05) is 19.5 Å². The van der Waals surface area contributed by atoms with Crippen LogP contribution in [0.2, 0.25) is 0 Å². The van der Waals surface area contributed by atoms with E-state index in [9.17, 15) is 4.79 Å². The van der Waals surface area contributed by atoms with E-state index in [1.54, 1.807) is 4.90 Å². The monoisotopic (exact) mass is 305 g/mol. The van der Waals surface area contributed by atoms with Crippen molar-refractivity contribution < 1.29 is 37.5 Å². The molecule has 1 saturated carbocycles. The van der Waals surface area contributed by atoms with Crippen molar-refractivity contribution in [1.29, 1.82) is 0 Å². The molecule has 0 N–H and O–H groups in total. The summed E-state index contributed by atoms with van der Waals surface area (Å²) in [6.07, 6.45) is 2.11. The second-order valence-electron chi connectivity index (χ2n) is 4.83. The van der Waals surface area contributed by atoms with Crippen LogP contribution in [0.4, 0.5) is 5.69 Å². The van der Waals surface area contributed by atoms with Crippen molar-refractivity contribution in [3.63, 3.8) is 0 Å². The van der Waals surface area contributed by atoms with Crippen molar-refractivity contribution in [1.82, 2.24) is 0 Å². The Morgan fingerprint density at radius 1 is 1.41 bits per heavy atom. The first-order valence-electron chi connectivity index (χ1n) is 5.89. The molecule has 0 saturated heterocycles. The quantitative estimate of drug-likeness (QED) is 0.786. The number of nitrogens with zero attached hydrogens (tertiary/aromatic N) is 1. The number of rotatable bonds is 3. The normalized spacial score (nSPS) is 14.4. The van der Waals surface area contributed by atoms with Crippen LogP contribution in [-0.4, -0.2) is 13.0 Å². The molecule has 0 atom stereocenters. The standard InChI is InChI=1S/C14H18NO.Y/c1-10(2)11-6-8-13(9-7-11)15(3)14(16)12-4-5-12;/h6,8-10,12H,4-5H2,1-3H3;/q-1;. The van der Waals surface area contributed by atoms with Crippen molar-refractivity contribution in [2.75, 3.05) is 11.9 Å². The molecule has 1 radical (unpaired) electrons. The van der Waals surface area contributed by atoms with Crippen LogP contribution < -0.4 is 4.90 Å². The summed E-state index contributed by atoms with van der Waals surface area (Å²) in [5.41, 5.74) is 2.14. The molecule has 3 heteroatoms. The largest absolute Gasteiger partial charge is 0.369 e. The molecule has 2 rings (SSSR count). The van der Waals surface area contributed by atoms with Crippen LogP contribution in [0.1, 0.15) is 38.2 Å². The fourth-order valence-electron chi connectivity index (χ4n) is 1.73. The molecule has 1 fully saturated rings. The van der Waals surface area contributed by atoms with E-state index in [1.165, 1.54) is 5.56 Å². The number of hydrogen-bond acceptors (Lipinski definition) is 1. The SMILES string of the molecule is CC(C)c1[c-]cc(N(C)C(=O)C2CC2)cc1.[Y]. The van der Waals surface area contributed by atoms with E-state index in [1.807, 2.05) is 19.2 Å². The molecule has 17 heavy (non-hydrogen) atoms. The third-order valence-corrected chi connectivity index (χ3v) is 3.09. The van der Waals surface area contributed by atoms with Crippen molar-refractivity contribution in [2.24, 2.45) is 5.92 Å². The average molecular weight is 305 g/mol. The zero-order valence-corrected chi connectivity index (χ0v) is 13.6. The van der Waals surface area contributed by atoms with Crippen LogP contribution in [0.15, 0.2) is 18.2 Å². The number of carbonyl (C=O) groups is 1. The number of carbonyl (C=O) groups excluding carboxylic acids is 1. The van der Waals surface area contributed by atoms with Gasteiger partial charge in [0.1, 0.15) is 0 Å². The van der Waals surface area contributed by atoms with Gasteiger partial charge in [0.15, 0.2) is 0 Å². The Morgan fingerprint density at radius 3 is 2.47 bits per heavy atom. The fourth-order valence-corrected chi connectivity index (χ4v) is 1.73. The number of benzene rings is 1. The molecule has 1 aliphatic carbocycles. The van der Waals surface area contributed by atoms with Crippen LogP contribution in [0.3, 0.4) is 0 Å². The van der Waals surface area contributed by atoms with Crippen LogP contribution in [-0.2, 0) is 37.5 Å². The molecule has 1 aliphatic rings. The Balaban J connectivity index is 0.00000144. The summed E-state index contributed by atoms with van der Waals surface area (Å²) < 4.78 is 0. The van der Waals surface area contributed by atoms with Crippen molar-refractivity contribution in [2.45, 2.75) is 32.6 Å². The Hall–Kier alpha value is -0.206. The average Bonchev–Trinajstić information content (AvgIpc) is 3.11. The predicted octanol–water partition coefficient (Wildman–Crippen LogP) is 2.98. The van der Waals surface area contributed by atoms with Gasteiger partial charge >= 0.3 is 0 Å². The molecule has 0 bridgehead atoms. The van der Waals surface area contributed by atoms with Gasteiger partial charge in [0.25, 0.3) is 0 Å². The fraction of sp³-hybridized carbons (Fsp3) is 0.500. The van der Waals surface area contributed by atoms with E-state index >= 15 is 0 Å². The summed E-state index contributed by atoms with van der Waals surface area (Å²) >= 11 is 0. The summed E-state index contributed by atoms with van der Waals surface area (Å²) in [7, 11) is 1.85. The molecular weight excluding hydrogens is 287 g/mol. The van der Waals surface area contributed by atoms with E-state index < -0.39 is 0 Å². The minimum atomic E-state index is 0. The smallest absolute Gasteiger partial charge is 0.218 e. The molecule has 0 aliphatic heterocycles. The topological polar surface area (TPSA) is 20.3 Å². The summed E-state index contributed by atoms with van der Waals surface area (Å²) in [5, 5.41) is 0. The Bertz CT molecular complexity index is 382. The van der Waals surface area contributed by atoms with Gasteiger partial charge in [-0.25, -0.2) is 0 Å². The minimum Gasteiger partial charge on any atom is -0.369 e. The zero-order chi connectivity index (χ0) is 11.7. The molecule has 2 nitrogen and oxygen atoms in total. The van der Waals surface area contributed by atoms with Gasteiger partial charge in [0, 0.05) is 45.7 Å². The zero-order valence-electron chi connectivity index (χ0n) is 10.7. The van der Waals surface area contributed by atoms with Crippen molar-refractivity contribution in [3.8, 4) is 0 Å². The Morgan fingerprint density at radius 2 is 2.06 bits per heavy atom. The molecular formula is C14H18NOY-. The molecule has 0 unspecified atom stereocenters. The van der Waals surface area contributed by atoms with E-state index in [-0.39, 0.29) is 44.5 Å². The van der Waals surface area contributed by atoms with Gasteiger partial charge in [0.05, 0.1) is 0 Å². The minimum absolute atomic E-state index is 0. The summed E-state index contributed by atoms with van der Waals surface area (Å²) in [5.74, 6) is 0.999. The first kappa shape index (κ1) is 14.9. The molecule has 1 aromatic rings. The molecule has 1 amide bonds. The third-order valence-electron chi connectivity index (χ3n) is 3.09. The maximum Gasteiger partial charge on any atom is 0.218 e. The van der Waals surface area contributed by atoms with Gasteiger partial charge < -0.3 is 4.90 Å². The molecule has 0 heterocycles. The molecule has 1 aromatic carbocycles. The maximum atomic E-state index is 11.8. The molecule has 0 spiro atoms. The van der Waals surface area contributed by atoms with Gasteiger partial charge in [0.2, 0.25) is 5.91 Å². The second-order valence-corrected chi connectivity index (χ2v) is 4.83. The molecule has 0 aromatic heterocycles. The summed E-state index contributed by atoms with van der Waals surface area (Å²) in [6, 6.07) is 9.21. The maximum absolute atomic E-state index is 11.8. The third kappa shape index (κ3) is 3.62. The van der Waals surface area contributed by atoms with Crippen molar-refractivity contribution >= 4 is 11.6 Å². The van der Waals surface area contributed by atoms with Crippen LogP contribution in [0.5, 0.6) is 0 Å². The van der Waals surface area contributed by atoms with E-state index in [0.717, 1.165) is 18.5 Å². The van der Waals surface area contributed by atoms with Crippen LogP contribution in [0.25, 0.3) is 0 Å². The van der Waals surface area contributed by atoms with E-state index in [2.05, 4.69) is 26.0 Å². The van der Waals surface area contributed by atoms with Crippen LogP contribution in [0, 0.1) is 12.0 Å². The summed E-state index contributed by atoms with van der Waals surface area (Å²) in [4.78, 5) is 13.6. The summed E-state index contributed by atoms with van der Waals surface area (Å²) in [6.45, 7) is 4.29. The van der Waals surface area contributed by atoms with Crippen molar-refractivity contribution in [3.05, 3.63) is 29.8 Å². The second kappa shape index (κ2) is 6.11. The number of anilines is 1. The predicted molar refractivity (Wildman–Crippen MR) is 65.5 cm³/mol. The van der Waals surface area contributed by atoms with Gasteiger partial charge in [-0.2, -0.15) is 23.8 Å². The van der Waals surface area contributed by atoms with Gasteiger partial charge in [-0.3, -0.25) is 4.79 Å². The van der Waals surface area contributed by atoms with E-state index in [0.29, 0.717) is 5.92 Å². The van der Waals surface area contributed by atoms with Gasteiger partial charge in [-0.05, 0) is 18.8 Å². The molecule has 89 valence electrons. The van der Waals surface area contributed by atoms with Crippen LogP contribution >= 0.6 is 0 Å².